The largest absolute Gasteiger partial charge is 0.372 e. The maximum absolute atomic E-state index is 12.1. The lowest BCUT2D eigenvalue weighted by atomic mass is 10.1. The minimum atomic E-state index is 0.135. The Hall–Kier alpha value is -1.51. The number of unbranched alkanes of at least 4 members (excludes halogenated alkanes) is 4. The molecule has 0 bridgehead atoms. The van der Waals surface area contributed by atoms with E-state index in [1.807, 2.05) is 6.92 Å². The summed E-state index contributed by atoms with van der Waals surface area (Å²) in [6, 6.07) is 6.31. The van der Waals surface area contributed by atoms with Gasteiger partial charge in [-0.25, -0.2) is 0 Å². The van der Waals surface area contributed by atoms with Crippen molar-refractivity contribution in [1.82, 2.24) is 0 Å². The molecular formula is C19H32N2O. The highest BCUT2D eigenvalue weighted by molar-refractivity contribution is 5.92. The van der Waals surface area contributed by atoms with E-state index in [9.17, 15) is 4.79 Å². The molecule has 124 valence electrons. The lowest BCUT2D eigenvalue weighted by Gasteiger charge is -2.22. The molecule has 0 unspecified atom stereocenters. The van der Waals surface area contributed by atoms with Crippen LogP contribution in [0.25, 0.3) is 0 Å². The maximum atomic E-state index is 12.1. The molecule has 1 aromatic carbocycles. The maximum Gasteiger partial charge on any atom is 0.224 e. The van der Waals surface area contributed by atoms with Gasteiger partial charge in [0.2, 0.25) is 5.91 Å². The molecule has 0 aliphatic heterocycles. The van der Waals surface area contributed by atoms with E-state index in [0.717, 1.165) is 37.2 Å². The first-order chi connectivity index (χ1) is 10.6. The molecule has 0 aliphatic carbocycles. The lowest BCUT2D eigenvalue weighted by molar-refractivity contribution is -0.116. The van der Waals surface area contributed by atoms with Crippen molar-refractivity contribution in [3.8, 4) is 0 Å². The molecule has 3 nitrogen and oxygen atoms in total. The fraction of sp³-hybridized carbons (Fsp3) is 0.632. The van der Waals surface area contributed by atoms with Crippen LogP contribution in [0.5, 0.6) is 0 Å². The van der Waals surface area contributed by atoms with Crippen molar-refractivity contribution in [1.29, 1.82) is 0 Å². The summed E-state index contributed by atoms with van der Waals surface area (Å²) in [4.78, 5) is 14.4. The highest BCUT2D eigenvalue weighted by Gasteiger charge is 2.08. The van der Waals surface area contributed by atoms with Gasteiger partial charge >= 0.3 is 0 Å². The number of hydrogen-bond acceptors (Lipinski definition) is 2. The molecule has 0 radical (unpaired) electrons. The zero-order chi connectivity index (χ0) is 16.4. The number of benzene rings is 1. The molecule has 0 heterocycles. The summed E-state index contributed by atoms with van der Waals surface area (Å²) >= 11 is 0. The van der Waals surface area contributed by atoms with Crippen LogP contribution < -0.4 is 10.2 Å². The monoisotopic (exact) mass is 304 g/mol. The molecular weight excluding hydrogens is 272 g/mol. The van der Waals surface area contributed by atoms with Gasteiger partial charge < -0.3 is 10.2 Å². The Bertz CT molecular complexity index is 453. The zero-order valence-electron chi connectivity index (χ0n) is 14.7. The number of anilines is 2. The number of hydrogen-bond donors (Lipinski definition) is 1. The van der Waals surface area contributed by atoms with Crippen molar-refractivity contribution >= 4 is 17.3 Å². The quantitative estimate of drug-likeness (QED) is 0.607. The van der Waals surface area contributed by atoms with Crippen molar-refractivity contribution < 1.29 is 4.79 Å². The summed E-state index contributed by atoms with van der Waals surface area (Å²) in [6.07, 6.45) is 6.51. The average Bonchev–Trinajstić information content (AvgIpc) is 2.51. The number of nitrogens with zero attached hydrogens (tertiary/aromatic N) is 1. The number of rotatable bonds is 10. The molecule has 1 amide bonds. The molecule has 0 atom stereocenters. The first-order valence-electron chi connectivity index (χ1n) is 8.77. The fourth-order valence-corrected chi connectivity index (χ4v) is 2.63. The number of amides is 1. The summed E-state index contributed by atoms with van der Waals surface area (Å²) in [7, 11) is 0. The van der Waals surface area contributed by atoms with Crippen molar-refractivity contribution in [3.63, 3.8) is 0 Å². The number of carbonyl (C=O) groups excluding carboxylic acids is 1. The van der Waals surface area contributed by atoms with Gasteiger partial charge in [0.05, 0.1) is 0 Å². The molecule has 22 heavy (non-hydrogen) atoms. The van der Waals surface area contributed by atoms with Crippen molar-refractivity contribution in [2.45, 2.75) is 66.2 Å². The van der Waals surface area contributed by atoms with Crippen LogP contribution in [0.1, 0.15) is 64.9 Å². The molecule has 0 fully saturated rings. The second-order valence-corrected chi connectivity index (χ2v) is 5.88. The van der Waals surface area contributed by atoms with Crippen LogP contribution in [-0.4, -0.2) is 19.0 Å². The van der Waals surface area contributed by atoms with Crippen molar-refractivity contribution in [3.05, 3.63) is 23.8 Å². The van der Waals surface area contributed by atoms with Gasteiger partial charge in [-0.05, 0) is 44.9 Å². The van der Waals surface area contributed by atoms with E-state index in [2.05, 4.69) is 49.2 Å². The Balaban J connectivity index is 2.56. The topological polar surface area (TPSA) is 32.3 Å². The summed E-state index contributed by atoms with van der Waals surface area (Å²) in [5, 5.41) is 3.08. The molecule has 0 spiro atoms. The van der Waals surface area contributed by atoms with E-state index < -0.39 is 0 Å². The third-order valence-corrected chi connectivity index (χ3v) is 4.13. The van der Waals surface area contributed by atoms with Gasteiger partial charge in [0.15, 0.2) is 0 Å². The van der Waals surface area contributed by atoms with E-state index in [1.165, 1.54) is 24.9 Å². The van der Waals surface area contributed by atoms with Gasteiger partial charge in [0.1, 0.15) is 0 Å². The normalized spacial score (nSPS) is 10.5. The Morgan fingerprint density at radius 3 is 2.36 bits per heavy atom. The molecule has 0 aromatic heterocycles. The summed E-state index contributed by atoms with van der Waals surface area (Å²) in [5.41, 5.74) is 3.24. The molecule has 1 N–H and O–H groups in total. The Morgan fingerprint density at radius 2 is 1.73 bits per heavy atom. The third kappa shape index (κ3) is 6.08. The predicted molar refractivity (Wildman–Crippen MR) is 96.7 cm³/mol. The molecule has 0 aliphatic rings. The number of carbonyl (C=O) groups is 1. The number of aryl methyl sites for hydroxylation is 1. The van der Waals surface area contributed by atoms with E-state index in [-0.39, 0.29) is 5.91 Å². The predicted octanol–water partition coefficient (Wildman–Crippen LogP) is 5.14. The van der Waals surface area contributed by atoms with Gasteiger partial charge in [0.25, 0.3) is 0 Å². The van der Waals surface area contributed by atoms with Gasteiger partial charge in [-0.15, -0.1) is 0 Å². The Morgan fingerprint density at radius 1 is 1.05 bits per heavy atom. The second-order valence-electron chi connectivity index (χ2n) is 5.88. The van der Waals surface area contributed by atoms with Gasteiger partial charge in [-0.1, -0.05) is 38.7 Å². The van der Waals surface area contributed by atoms with Crippen LogP contribution in [0.4, 0.5) is 11.4 Å². The summed E-state index contributed by atoms with van der Waals surface area (Å²) in [6.45, 7) is 10.5. The van der Waals surface area contributed by atoms with Gasteiger partial charge in [0, 0.05) is 30.9 Å². The zero-order valence-corrected chi connectivity index (χ0v) is 14.7. The van der Waals surface area contributed by atoms with Crippen LogP contribution in [0, 0.1) is 6.92 Å². The minimum absolute atomic E-state index is 0.135. The fourth-order valence-electron chi connectivity index (χ4n) is 2.63. The second kappa shape index (κ2) is 10.3. The van der Waals surface area contributed by atoms with E-state index >= 15 is 0 Å². The Labute approximate surface area is 136 Å². The van der Waals surface area contributed by atoms with Crippen LogP contribution in [0.15, 0.2) is 18.2 Å². The smallest absolute Gasteiger partial charge is 0.224 e. The van der Waals surface area contributed by atoms with Crippen LogP contribution >= 0.6 is 0 Å². The van der Waals surface area contributed by atoms with E-state index in [1.54, 1.807) is 0 Å². The molecule has 1 rings (SSSR count). The van der Waals surface area contributed by atoms with Crippen LogP contribution in [0.2, 0.25) is 0 Å². The standard InChI is InChI=1S/C19H32N2O/c1-5-8-9-10-11-12-19(22)20-18-15-17(14-13-16(18)4)21(6-2)7-3/h13-15H,5-12H2,1-4H3,(H,20,22). The van der Waals surface area contributed by atoms with Crippen molar-refractivity contribution in [2.75, 3.05) is 23.3 Å². The molecule has 0 saturated carbocycles. The molecule has 1 aromatic rings. The Kier molecular flexibility index (Phi) is 8.64. The molecule has 0 saturated heterocycles. The highest BCUT2D eigenvalue weighted by atomic mass is 16.1. The van der Waals surface area contributed by atoms with Gasteiger partial charge in [-0.3, -0.25) is 4.79 Å². The van der Waals surface area contributed by atoms with Crippen molar-refractivity contribution in [2.24, 2.45) is 0 Å². The minimum Gasteiger partial charge on any atom is -0.372 e. The number of nitrogens with one attached hydrogen (secondary N) is 1. The summed E-state index contributed by atoms with van der Waals surface area (Å²) < 4.78 is 0. The SMILES string of the molecule is CCCCCCCC(=O)Nc1cc(N(CC)CC)ccc1C. The average molecular weight is 304 g/mol. The van der Waals surface area contributed by atoms with E-state index in [4.69, 9.17) is 0 Å². The first-order valence-corrected chi connectivity index (χ1v) is 8.77. The molecule has 3 heteroatoms. The van der Waals surface area contributed by atoms with Crippen LogP contribution in [-0.2, 0) is 4.79 Å². The van der Waals surface area contributed by atoms with Gasteiger partial charge in [-0.2, -0.15) is 0 Å². The van der Waals surface area contributed by atoms with E-state index in [0.29, 0.717) is 6.42 Å². The third-order valence-electron chi connectivity index (χ3n) is 4.13. The first kappa shape index (κ1) is 18.5. The highest BCUT2D eigenvalue weighted by Crippen LogP contribution is 2.23. The lowest BCUT2D eigenvalue weighted by Crippen LogP contribution is -2.22. The van der Waals surface area contributed by atoms with Crippen LogP contribution in [0.3, 0.4) is 0 Å². The summed E-state index contributed by atoms with van der Waals surface area (Å²) in [5.74, 6) is 0.135.